The molecule has 0 N–H and O–H groups in total. The Labute approximate surface area is 188 Å². The molecule has 1 unspecified atom stereocenters. The Morgan fingerprint density at radius 2 is 1.91 bits per heavy atom. The molecule has 4 nitrogen and oxygen atoms in total. The molecule has 0 heterocycles. The van der Waals surface area contributed by atoms with Crippen LogP contribution in [0.15, 0.2) is 42.5 Å². The van der Waals surface area contributed by atoms with Gasteiger partial charge in [-0.05, 0) is 43.5 Å². The molecule has 1 aliphatic carbocycles. The fourth-order valence-corrected chi connectivity index (χ4v) is 4.36. The summed E-state index contributed by atoms with van der Waals surface area (Å²) >= 11 is 0. The molecule has 32 heavy (non-hydrogen) atoms. The number of halogens is 2. The van der Waals surface area contributed by atoms with Crippen LogP contribution in [0.25, 0.3) is 0 Å². The van der Waals surface area contributed by atoms with Crippen molar-refractivity contribution in [3.8, 4) is 17.6 Å². The fraction of sp³-hybridized carbons (Fsp3) is 0.462. The lowest BCUT2D eigenvalue weighted by Crippen LogP contribution is -2.38. The minimum atomic E-state index is -1.53. The maximum absolute atomic E-state index is 15.6. The van der Waals surface area contributed by atoms with Crippen molar-refractivity contribution >= 4 is 5.97 Å². The first-order chi connectivity index (χ1) is 15.5. The van der Waals surface area contributed by atoms with E-state index < -0.39 is 23.6 Å². The molecule has 3 rings (SSSR count). The Balaban J connectivity index is 1.77. The second-order valence-corrected chi connectivity index (χ2v) is 8.45. The van der Waals surface area contributed by atoms with Crippen molar-refractivity contribution in [3.05, 3.63) is 59.4 Å². The number of hydrogen-bond acceptors (Lipinski definition) is 4. The van der Waals surface area contributed by atoms with Crippen LogP contribution in [0.1, 0.15) is 80.6 Å². The largest absolute Gasteiger partial charge is 0.459 e. The molecule has 0 spiro atoms. The Hall–Kier alpha value is -2.94. The lowest BCUT2D eigenvalue weighted by molar-refractivity contribution is -0.0796. The third-order valence-corrected chi connectivity index (χ3v) is 6.22. The second-order valence-electron chi connectivity index (χ2n) is 8.45. The molecule has 0 amide bonds. The van der Waals surface area contributed by atoms with Crippen LogP contribution in [0.4, 0.5) is 8.78 Å². The summed E-state index contributed by atoms with van der Waals surface area (Å²) in [6, 6.07) is 11.6. The molecule has 2 aromatic carbocycles. The summed E-state index contributed by atoms with van der Waals surface area (Å²) in [6.45, 7) is 2.12. The van der Waals surface area contributed by atoms with Gasteiger partial charge in [0.2, 0.25) is 6.36 Å². The van der Waals surface area contributed by atoms with Crippen LogP contribution >= 0.6 is 0 Å². The number of benzene rings is 2. The van der Waals surface area contributed by atoms with E-state index >= 15 is 4.39 Å². The zero-order valence-corrected chi connectivity index (χ0v) is 18.4. The van der Waals surface area contributed by atoms with E-state index in [4.69, 9.17) is 14.7 Å². The molecule has 0 bridgehead atoms. The molecule has 0 aromatic heterocycles. The van der Waals surface area contributed by atoms with Crippen LogP contribution in [-0.4, -0.2) is 12.3 Å². The van der Waals surface area contributed by atoms with Crippen molar-refractivity contribution in [3.63, 3.8) is 0 Å². The van der Waals surface area contributed by atoms with Gasteiger partial charge in [-0.15, -0.1) is 0 Å². The van der Waals surface area contributed by atoms with Crippen molar-refractivity contribution in [2.45, 2.75) is 71.1 Å². The average molecular weight is 442 g/mol. The molecule has 1 saturated carbocycles. The Bertz CT molecular complexity index is 964. The van der Waals surface area contributed by atoms with Gasteiger partial charge in [0.1, 0.15) is 28.9 Å². The molecule has 170 valence electrons. The molecule has 2 aromatic rings. The van der Waals surface area contributed by atoms with Crippen LogP contribution in [0.2, 0.25) is 0 Å². The molecule has 0 radical (unpaired) electrons. The predicted molar refractivity (Wildman–Crippen MR) is 118 cm³/mol. The fourth-order valence-electron chi connectivity index (χ4n) is 4.36. The SMILES string of the molecule is CCCCCC1(C(F)Oc2ccccc2C(=O)Oc2ccc(C#N)c(F)c2)CCCCC1. The minimum Gasteiger partial charge on any atom is -0.459 e. The highest BCUT2D eigenvalue weighted by Crippen LogP contribution is 2.45. The summed E-state index contributed by atoms with van der Waals surface area (Å²) in [5.74, 6) is -1.49. The van der Waals surface area contributed by atoms with E-state index in [2.05, 4.69) is 6.92 Å². The van der Waals surface area contributed by atoms with Gasteiger partial charge in [-0.3, -0.25) is 0 Å². The summed E-state index contributed by atoms with van der Waals surface area (Å²) in [6.07, 6.45) is 6.91. The first kappa shape index (κ1) is 23.7. The van der Waals surface area contributed by atoms with E-state index in [0.29, 0.717) is 0 Å². The number of carbonyl (C=O) groups is 1. The number of rotatable bonds is 9. The van der Waals surface area contributed by atoms with Gasteiger partial charge in [0.25, 0.3) is 0 Å². The molecule has 0 aliphatic heterocycles. The van der Waals surface area contributed by atoms with Crippen molar-refractivity contribution in [2.24, 2.45) is 5.41 Å². The van der Waals surface area contributed by atoms with Gasteiger partial charge in [0.15, 0.2) is 0 Å². The highest BCUT2D eigenvalue weighted by atomic mass is 19.1. The van der Waals surface area contributed by atoms with Gasteiger partial charge in [-0.25, -0.2) is 13.6 Å². The van der Waals surface area contributed by atoms with Crippen molar-refractivity contribution in [1.82, 2.24) is 0 Å². The van der Waals surface area contributed by atoms with Gasteiger partial charge < -0.3 is 9.47 Å². The van der Waals surface area contributed by atoms with Crippen molar-refractivity contribution in [2.75, 3.05) is 0 Å². The van der Waals surface area contributed by atoms with Gasteiger partial charge in [0, 0.05) is 11.5 Å². The average Bonchev–Trinajstić information content (AvgIpc) is 2.80. The smallest absolute Gasteiger partial charge is 0.347 e. The number of para-hydroxylation sites is 1. The Kier molecular flexibility index (Phi) is 8.21. The molecule has 1 aliphatic rings. The monoisotopic (exact) mass is 441 g/mol. The van der Waals surface area contributed by atoms with Crippen LogP contribution in [0, 0.1) is 22.6 Å². The number of nitrogens with zero attached hydrogens (tertiary/aromatic N) is 1. The van der Waals surface area contributed by atoms with Gasteiger partial charge >= 0.3 is 5.97 Å². The van der Waals surface area contributed by atoms with E-state index in [0.717, 1.165) is 63.9 Å². The van der Waals surface area contributed by atoms with E-state index in [1.165, 1.54) is 18.2 Å². The maximum atomic E-state index is 15.6. The molecule has 1 fully saturated rings. The van der Waals surface area contributed by atoms with Crippen molar-refractivity contribution < 1.29 is 23.0 Å². The van der Waals surface area contributed by atoms with Crippen molar-refractivity contribution in [1.29, 1.82) is 5.26 Å². The van der Waals surface area contributed by atoms with Gasteiger partial charge in [-0.1, -0.05) is 57.6 Å². The summed E-state index contributed by atoms with van der Waals surface area (Å²) < 4.78 is 40.5. The second kappa shape index (κ2) is 11.1. The lowest BCUT2D eigenvalue weighted by Gasteiger charge is -2.39. The molecule has 6 heteroatoms. The third kappa shape index (κ3) is 5.64. The summed E-state index contributed by atoms with van der Waals surface area (Å²) in [4.78, 5) is 12.7. The minimum absolute atomic E-state index is 0.0404. The summed E-state index contributed by atoms with van der Waals surface area (Å²) in [5.41, 5.74) is -0.616. The molecule has 0 saturated heterocycles. The summed E-state index contributed by atoms with van der Waals surface area (Å²) in [7, 11) is 0. The van der Waals surface area contributed by atoms with Gasteiger partial charge in [0.05, 0.1) is 5.56 Å². The number of ether oxygens (including phenoxy) is 2. The molecular weight excluding hydrogens is 412 g/mol. The Morgan fingerprint density at radius 3 is 2.59 bits per heavy atom. The number of unbranched alkanes of at least 4 members (excludes halogenated alkanes) is 2. The number of esters is 1. The number of alkyl halides is 1. The van der Waals surface area contributed by atoms with Crippen LogP contribution in [-0.2, 0) is 0 Å². The number of carbonyl (C=O) groups excluding carboxylic acids is 1. The van der Waals surface area contributed by atoms with Crippen LogP contribution < -0.4 is 9.47 Å². The van der Waals surface area contributed by atoms with Gasteiger partial charge in [-0.2, -0.15) is 5.26 Å². The lowest BCUT2D eigenvalue weighted by atomic mass is 9.70. The zero-order valence-electron chi connectivity index (χ0n) is 18.4. The van der Waals surface area contributed by atoms with Crippen LogP contribution in [0.3, 0.4) is 0 Å². The first-order valence-corrected chi connectivity index (χ1v) is 11.3. The van der Waals surface area contributed by atoms with E-state index in [1.807, 2.05) is 0 Å². The highest BCUT2D eigenvalue weighted by molar-refractivity contribution is 5.94. The number of nitriles is 1. The quantitative estimate of drug-likeness (QED) is 0.236. The zero-order chi connectivity index (χ0) is 23.0. The molecular formula is C26H29F2NO3. The first-order valence-electron chi connectivity index (χ1n) is 11.3. The summed E-state index contributed by atoms with van der Waals surface area (Å²) in [5, 5.41) is 8.84. The molecule has 1 atom stereocenters. The van der Waals surface area contributed by atoms with E-state index in [-0.39, 0.29) is 22.6 Å². The number of hydrogen-bond donors (Lipinski definition) is 0. The Morgan fingerprint density at radius 1 is 1.16 bits per heavy atom. The standard InChI is InChI=1S/C26H29F2NO3/c1-2-3-7-14-26(15-8-4-9-16-26)25(28)32-23-11-6-5-10-21(23)24(30)31-20-13-12-19(18-29)22(27)17-20/h5-6,10-13,17,25H,2-4,7-9,14-16H2,1H3. The topological polar surface area (TPSA) is 59.3 Å². The highest BCUT2D eigenvalue weighted by Gasteiger charge is 2.41. The van der Waals surface area contributed by atoms with Crippen LogP contribution in [0.5, 0.6) is 11.5 Å². The van der Waals surface area contributed by atoms with E-state index in [1.54, 1.807) is 24.3 Å². The normalized spacial score (nSPS) is 16.1. The maximum Gasteiger partial charge on any atom is 0.347 e. The van der Waals surface area contributed by atoms with E-state index in [9.17, 15) is 9.18 Å². The predicted octanol–water partition coefficient (Wildman–Crippen LogP) is 7.12. The third-order valence-electron chi connectivity index (χ3n) is 6.22.